The molecule has 0 aliphatic heterocycles. The van der Waals surface area contributed by atoms with Gasteiger partial charge in [-0.2, -0.15) is 0 Å². The summed E-state index contributed by atoms with van der Waals surface area (Å²) in [5.41, 5.74) is -0.0146. The van der Waals surface area contributed by atoms with Crippen molar-refractivity contribution in [1.82, 2.24) is 4.98 Å². The molecule has 21 heavy (non-hydrogen) atoms. The number of nitro benzene ring substituents is 1. The lowest BCUT2D eigenvalue weighted by Gasteiger charge is -2.02. The predicted molar refractivity (Wildman–Crippen MR) is 77.2 cm³/mol. The summed E-state index contributed by atoms with van der Waals surface area (Å²) in [6.45, 7) is 0.118. The molecule has 2 aromatic heterocycles. The Morgan fingerprint density at radius 1 is 1.33 bits per heavy atom. The molecule has 1 aromatic carbocycles. The Morgan fingerprint density at radius 2 is 2.24 bits per heavy atom. The first kappa shape index (κ1) is 13.3. The number of aromatic nitrogens is 1. The summed E-state index contributed by atoms with van der Waals surface area (Å²) >= 11 is 1.56. The van der Waals surface area contributed by atoms with E-state index >= 15 is 0 Å². The number of nitrogens with zero attached hydrogens (tertiary/aromatic N) is 2. The smallest absolute Gasteiger partial charge is 0.273 e. The molecule has 106 valence electrons. The van der Waals surface area contributed by atoms with Gasteiger partial charge in [0.2, 0.25) is 5.89 Å². The van der Waals surface area contributed by atoms with Gasteiger partial charge in [-0.3, -0.25) is 10.1 Å². The van der Waals surface area contributed by atoms with Gasteiger partial charge < -0.3 is 9.15 Å². The van der Waals surface area contributed by atoms with Crippen LogP contribution >= 0.6 is 11.3 Å². The lowest BCUT2D eigenvalue weighted by molar-refractivity contribution is -0.384. The van der Waals surface area contributed by atoms with Crippen LogP contribution in [0.3, 0.4) is 0 Å². The van der Waals surface area contributed by atoms with E-state index in [0.717, 1.165) is 4.88 Å². The summed E-state index contributed by atoms with van der Waals surface area (Å²) in [7, 11) is 0. The van der Waals surface area contributed by atoms with Gasteiger partial charge in [0.1, 0.15) is 5.75 Å². The molecule has 0 amide bonds. The Bertz CT molecular complexity index is 752. The molecule has 0 fully saturated rings. The topological polar surface area (TPSA) is 78.4 Å². The molecule has 0 unspecified atom stereocenters. The highest BCUT2D eigenvalue weighted by Gasteiger charge is 2.10. The van der Waals surface area contributed by atoms with Gasteiger partial charge in [-0.15, -0.1) is 11.3 Å². The van der Waals surface area contributed by atoms with Gasteiger partial charge in [0, 0.05) is 6.07 Å². The van der Waals surface area contributed by atoms with Crippen LogP contribution in [-0.4, -0.2) is 9.91 Å². The number of non-ortho nitro benzene ring substituents is 1. The average Bonchev–Trinajstić information content (AvgIpc) is 3.16. The number of rotatable bonds is 5. The minimum absolute atomic E-state index is 0.0146. The van der Waals surface area contributed by atoms with E-state index in [2.05, 4.69) is 4.98 Å². The number of ether oxygens (including phenoxy) is 1. The summed E-state index contributed by atoms with van der Waals surface area (Å²) in [6.07, 6.45) is 1.64. The third kappa shape index (κ3) is 3.09. The minimum atomic E-state index is -0.465. The Hall–Kier alpha value is -2.67. The van der Waals surface area contributed by atoms with E-state index in [1.807, 2.05) is 17.5 Å². The lowest BCUT2D eigenvalue weighted by Crippen LogP contribution is -1.96. The van der Waals surface area contributed by atoms with Crippen LogP contribution in [0, 0.1) is 10.1 Å². The van der Waals surface area contributed by atoms with E-state index in [4.69, 9.17) is 9.15 Å². The van der Waals surface area contributed by atoms with Crippen LogP contribution in [0.1, 0.15) is 5.89 Å². The van der Waals surface area contributed by atoms with Crippen LogP contribution in [0.2, 0.25) is 0 Å². The molecule has 2 heterocycles. The number of hydrogen-bond acceptors (Lipinski definition) is 6. The van der Waals surface area contributed by atoms with Crippen molar-refractivity contribution in [3.8, 4) is 16.4 Å². The Balaban J connectivity index is 1.68. The Labute approximate surface area is 123 Å². The highest BCUT2D eigenvalue weighted by Crippen LogP contribution is 2.26. The average molecular weight is 302 g/mol. The summed E-state index contributed by atoms with van der Waals surface area (Å²) in [5, 5.41) is 12.6. The quantitative estimate of drug-likeness (QED) is 0.527. The summed E-state index contributed by atoms with van der Waals surface area (Å²) in [4.78, 5) is 15.3. The number of nitro groups is 1. The molecular weight excluding hydrogens is 292 g/mol. The maximum atomic E-state index is 10.7. The van der Waals surface area contributed by atoms with Crippen molar-refractivity contribution in [3.05, 3.63) is 64.0 Å². The number of oxazole rings is 1. The van der Waals surface area contributed by atoms with Gasteiger partial charge >= 0.3 is 0 Å². The molecule has 0 aliphatic rings. The molecule has 0 atom stereocenters. The van der Waals surface area contributed by atoms with E-state index in [1.165, 1.54) is 12.1 Å². The maximum Gasteiger partial charge on any atom is 0.273 e. The van der Waals surface area contributed by atoms with Crippen molar-refractivity contribution in [3.63, 3.8) is 0 Å². The first-order chi connectivity index (χ1) is 10.2. The monoisotopic (exact) mass is 302 g/mol. The third-order valence-electron chi connectivity index (χ3n) is 2.71. The van der Waals surface area contributed by atoms with Crippen molar-refractivity contribution < 1.29 is 14.1 Å². The number of benzene rings is 1. The molecule has 3 rings (SSSR count). The second-order valence-electron chi connectivity index (χ2n) is 4.14. The SMILES string of the molecule is O=[N+]([O-])c1cccc(OCc2ncc(-c3cccs3)o2)c1. The lowest BCUT2D eigenvalue weighted by atomic mass is 10.3. The van der Waals surface area contributed by atoms with Crippen LogP contribution in [-0.2, 0) is 6.61 Å². The van der Waals surface area contributed by atoms with Crippen LogP contribution in [0.25, 0.3) is 10.6 Å². The molecule has 0 saturated carbocycles. The zero-order valence-electron chi connectivity index (χ0n) is 10.8. The van der Waals surface area contributed by atoms with E-state index < -0.39 is 4.92 Å². The summed E-state index contributed by atoms with van der Waals surface area (Å²) in [6, 6.07) is 9.87. The van der Waals surface area contributed by atoms with Crippen molar-refractivity contribution in [2.24, 2.45) is 0 Å². The molecular formula is C14H10N2O4S. The van der Waals surface area contributed by atoms with E-state index in [0.29, 0.717) is 17.4 Å². The van der Waals surface area contributed by atoms with Gasteiger partial charge in [0.05, 0.1) is 22.1 Å². The summed E-state index contributed by atoms with van der Waals surface area (Å²) < 4.78 is 11.0. The molecule has 6 nitrogen and oxygen atoms in total. The third-order valence-corrected chi connectivity index (χ3v) is 3.59. The second kappa shape index (κ2) is 5.76. The molecule has 0 spiro atoms. The zero-order valence-corrected chi connectivity index (χ0v) is 11.6. The van der Waals surface area contributed by atoms with Crippen molar-refractivity contribution >= 4 is 17.0 Å². The normalized spacial score (nSPS) is 10.5. The van der Waals surface area contributed by atoms with Gasteiger partial charge in [-0.25, -0.2) is 4.98 Å². The van der Waals surface area contributed by atoms with Gasteiger partial charge in [-0.05, 0) is 17.5 Å². The zero-order chi connectivity index (χ0) is 14.7. The molecule has 7 heteroatoms. The van der Waals surface area contributed by atoms with Crippen molar-refractivity contribution in [2.75, 3.05) is 0 Å². The molecule has 0 radical (unpaired) electrons. The molecule has 0 bridgehead atoms. The van der Waals surface area contributed by atoms with E-state index in [9.17, 15) is 10.1 Å². The van der Waals surface area contributed by atoms with Crippen LogP contribution in [0.15, 0.2) is 52.4 Å². The number of hydrogen-bond donors (Lipinski definition) is 0. The van der Waals surface area contributed by atoms with Crippen LogP contribution < -0.4 is 4.74 Å². The highest BCUT2D eigenvalue weighted by molar-refractivity contribution is 7.13. The molecule has 0 saturated heterocycles. The summed E-state index contributed by atoms with van der Waals surface area (Å²) in [5.74, 6) is 1.51. The Morgan fingerprint density at radius 3 is 3.00 bits per heavy atom. The maximum absolute atomic E-state index is 10.7. The highest BCUT2D eigenvalue weighted by atomic mass is 32.1. The van der Waals surface area contributed by atoms with Crippen LogP contribution in [0.4, 0.5) is 5.69 Å². The van der Waals surface area contributed by atoms with Crippen molar-refractivity contribution in [1.29, 1.82) is 0 Å². The fourth-order valence-electron chi connectivity index (χ4n) is 1.74. The largest absolute Gasteiger partial charge is 0.484 e. The fourth-order valence-corrected chi connectivity index (χ4v) is 2.41. The van der Waals surface area contributed by atoms with Crippen molar-refractivity contribution in [2.45, 2.75) is 6.61 Å². The fraction of sp³-hybridized carbons (Fsp3) is 0.0714. The second-order valence-corrected chi connectivity index (χ2v) is 5.09. The minimum Gasteiger partial charge on any atom is -0.484 e. The molecule has 0 N–H and O–H groups in total. The van der Waals surface area contributed by atoms with Gasteiger partial charge in [0.25, 0.3) is 5.69 Å². The first-order valence-electron chi connectivity index (χ1n) is 6.08. The predicted octanol–water partition coefficient (Wildman–Crippen LogP) is 3.89. The number of thiophene rings is 1. The van der Waals surface area contributed by atoms with E-state index in [-0.39, 0.29) is 12.3 Å². The first-order valence-corrected chi connectivity index (χ1v) is 6.96. The van der Waals surface area contributed by atoms with Gasteiger partial charge in [-0.1, -0.05) is 12.1 Å². The van der Waals surface area contributed by atoms with Gasteiger partial charge in [0.15, 0.2) is 12.4 Å². The van der Waals surface area contributed by atoms with Crippen LogP contribution in [0.5, 0.6) is 5.75 Å². The molecule has 0 aliphatic carbocycles. The Kier molecular flexibility index (Phi) is 3.65. The molecule has 3 aromatic rings. The van der Waals surface area contributed by atoms with E-state index in [1.54, 1.807) is 29.7 Å². The standard InChI is InChI=1S/C14H10N2O4S/c17-16(18)10-3-1-4-11(7-10)19-9-14-15-8-12(20-14)13-5-2-6-21-13/h1-8H,9H2.